The maximum atomic E-state index is 12.3. The minimum absolute atomic E-state index is 0.397. The quantitative estimate of drug-likeness (QED) is 0.672. The molecule has 2 rings (SSSR count). The van der Waals surface area contributed by atoms with Gasteiger partial charge in [0.2, 0.25) is 0 Å². The first kappa shape index (κ1) is 18.3. The van der Waals surface area contributed by atoms with Crippen LogP contribution < -0.4 is 9.47 Å². The third-order valence-electron chi connectivity index (χ3n) is 3.11. The third kappa shape index (κ3) is 4.99. The van der Waals surface area contributed by atoms with Gasteiger partial charge < -0.3 is 14.2 Å². The van der Waals surface area contributed by atoms with Gasteiger partial charge in [-0.3, -0.25) is 0 Å². The summed E-state index contributed by atoms with van der Waals surface area (Å²) in [4.78, 5) is 12.3. The molecule has 0 atom stereocenters. The summed E-state index contributed by atoms with van der Waals surface area (Å²) in [6.07, 6.45) is 0. The van der Waals surface area contributed by atoms with Crippen LogP contribution in [-0.2, 0) is 11.3 Å². The first-order valence-electron chi connectivity index (χ1n) is 7.58. The molecule has 0 saturated carbocycles. The van der Waals surface area contributed by atoms with Gasteiger partial charge in [0.25, 0.3) is 0 Å². The highest BCUT2D eigenvalue weighted by Crippen LogP contribution is 2.35. The Morgan fingerprint density at radius 3 is 2.33 bits per heavy atom. The second-order valence-electron chi connectivity index (χ2n) is 6.26. The van der Waals surface area contributed by atoms with Crippen molar-refractivity contribution in [1.29, 1.82) is 0 Å². The fourth-order valence-corrected chi connectivity index (χ4v) is 2.52. The van der Waals surface area contributed by atoms with E-state index < -0.39 is 11.6 Å². The molecule has 128 valence electrons. The monoisotopic (exact) mass is 392 g/mol. The summed E-state index contributed by atoms with van der Waals surface area (Å²) in [5.41, 5.74) is 0.882. The van der Waals surface area contributed by atoms with Gasteiger partial charge in [-0.15, -0.1) is 0 Å². The number of carbonyl (C=O) groups excluding carboxylic acids is 1. The molecule has 0 N–H and O–H groups in total. The minimum atomic E-state index is -0.563. The SMILES string of the molecule is COc1cc(C(=O)OC(C)(C)C)c(Br)cc1OCc1ccccc1. The number of ether oxygens (including phenoxy) is 3. The maximum Gasteiger partial charge on any atom is 0.339 e. The van der Waals surface area contributed by atoms with Crippen molar-refractivity contribution in [3.05, 3.63) is 58.1 Å². The van der Waals surface area contributed by atoms with Crippen molar-refractivity contribution in [2.45, 2.75) is 33.0 Å². The number of esters is 1. The Kier molecular flexibility index (Phi) is 5.89. The largest absolute Gasteiger partial charge is 0.493 e. The van der Waals surface area contributed by atoms with E-state index in [9.17, 15) is 4.79 Å². The Balaban J connectivity index is 2.22. The molecule has 0 amide bonds. The van der Waals surface area contributed by atoms with Crippen molar-refractivity contribution in [1.82, 2.24) is 0 Å². The number of halogens is 1. The summed E-state index contributed by atoms with van der Waals surface area (Å²) in [6, 6.07) is 13.2. The van der Waals surface area contributed by atoms with Gasteiger partial charge in [-0.2, -0.15) is 0 Å². The summed E-state index contributed by atoms with van der Waals surface area (Å²) in [7, 11) is 1.54. The van der Waals surface area contributed by atoms with Gasteiger partial charge in [0.05, 0.1) is 12.7 Å². The molecule has 0 aliphatic heterocycles. The van der Waals surface area contributed by atoms with Crippen LogP contribution in [0.2, 0.25) is 0 Å². The van der Waals surface area contributed by atoms with Crippen molar-refractivity contribution < 1.29 is 19.0 Å². The zero-order valence-electron chi connectivity index (χ0n) is 14.3. The maximum absolute atomic E-state index is 12.3. The molecule has 0 unspecified atom stereocenters. The molecule has 2 aromatic rings. The van der Waals surface area contributed by atoms with Crippen LogP contribution in [-0.4, -0.2) is 18.7 Å². The van der Waals surface area contributed by atoms with E-state index in [1.165, 1.54) is 7.11 Å². The second-order valence-corrected chi connectivity index (χ2v) is 7.11. The van der Waals surface area contributed by atoms with Crippen LogP contribution in [0.4, 0.5) is 0 Å². The molecular formula is C19H21BrO4. The van der Waals surface area contributed by atoms with Gasteiger partial charge in [0, 0.05) is 4.47 Å². The molecule has 5 heteroatoms. The van der Waals surface area contributed by atoms with Crippen LogP contribution in [0.1, 0.15) is 36.7 Å². The van der Waals surface area contributed by atoms with Gasteiger partial charge in [-0.1, -0.05) is 30.3 Å². The van der Waals surface area contributed by atoms with Crippen molar-refractivity contribution in [3.63, 3.8) is 0 Å². The van der Waals surface area contributed by atoms with E-state index in [-0.39, 0.29) is 0 Å². The topological polar surface area (TPSA) is 44.8 Å². The molecule has 0 bridgehead atoms. The summed E-state index contributed by atoms with van der Waals surface area (Å²) >= 11 is 3.41. The van der Waals surface area contributed by atoms with Crippen molar-refractivity contribution in [2.75, 3.05) is 7.11 Å². The number of hydrogen-bond acceptors (Lipinski definition) is 4. The Morgan fingerprint density at radius 2 is 1.75 bits per heavy atom. The molecule has 0 fully saturated rings. The van der Waals surface area contributed by atoms with E-state index in [1.807, 2.05) is 51.1 Å². The van der Waals surface area contributed by atoms with Crippen LogP contribution in [0.25, 0.3) is 0 Å². The molecule has 0 radical (unpaired) electrons. The highest BCUT2D eigenvalue weighted by molar-refractivity contribution is 9.10. The lowest BCUT2D eigenvalue weighted by atomic mass is 10.1. The molecular weight excluding hydrogens is 372 g/mol. The number of methoxy groups -OCH3 is 1. The normalized spacial score (nSPS) is 11.0. The highest BCUT2D eigenvalue weighted by Gasteiger charge is 2.22. The highest BCUT2D eigenvalue weighted by atomic mass is 79.9. The van der Waals surface area contributed by atoms with Crippen LogP contribution in [0.15, 0.2) is 46.9 Å². The van der Waals surface area contributed by atoms with Crippen molar-refractivity contribution >= 4 is 21.9 Å². The lowest BCUT2D eigenvalue weighted by molar-refractivity contribution is 0.00680. The number of benzene rings is 2. The predicted molar refractivity (Wildman–Crippen MR) is 96.6 cm³/mol. The second kappa shape index (κ2) is 7.71. The Labute approximate surface area is 150 Å². The number of carbonyl (C=O) groups is 1. The van der Waals surface area contributed by atoms with Crippen molar-refractivity contribution in [2.24, 2.45) is 0 Å². The van der Waals surface area contributed by atoms with Gasteiger partial charge in [-0.25, -0.2) is 4.79 Å². The molecule has 0 saturated heterocycles. The van der Waals surface area contributed by atoms with E-state index in [0.717, 1.165) is 5.56 Å². The minimum Gasteiger partial charge on any atom is -0.493 e. The molecule has 24 heavy (non-hydrogen) atoms. The molecule has 0 heterocycles. The van der Waals surface area contributed by atoms with Gasteiger partial charge in [0.1, 0.15) is 12.2 Å². The van der Waals surface area contributed by atoms with Gasteiger partial charge >= 0.3 is 5.97 Å². The lowest BCUT2D eigenvalue weighted by Gasteiger charge is -2.20. The summed E-state index contributed by atoms with van der Waals surface area (Å²) in [5.74, 6) is 0.623. The Bertz CT molecular complexity index is 705. The van der Waals surface area contributed by atoms with E-state index in [4.69, 9.17) is 14.2 Å². The van der Waals surface area contributed by atoms with Crippen LogP contribution in [0, 0.1) is 0 Å². The summed E-state index contributed by atoms with van der Waals surface area (Å²) < 4.78 is 17.2. The Hall–Kier alpha value is -2.01. The van der Waals surface area contributed by atoms with Crippen LogP contribution in [0.5, 0.6) is 11.5 Å². The molecule has 0 aliphatic rings. The average Bonchev–Trinajstić information content (AvgIpc) is 2.52. The van der Waals surface area contributed by atoms with Gasteiger partial charge in [-0.05, 0) is 54.4 Å². The standard InChI is InChI=1S/C19H21BrO4/c1-19(2,3)24-18(21)14-10-16(22-4)17(11-15(14)20)23-12-13-8-6-5-7-9-13/h5-11H,12H2,1-4H3. The molecule has 0 aliphatic carbocycles. The number of hydrogen-bond donors (Lipinski definition) is 0. The fourth-order valence-electron chi connectivity index (χ4n) is 2.03. The van der Waals surface area contributed by atoms with Crippen molar-refractivity contribution in [3.8, 4) is 11.5 Å². The zero-order valence-corrected chi connectivity index (χ0v) is 15.8. The molecule has 4 nitrogen and oxygen atoms in total. The zero-order chi connectivity index (χ0) is 17.7. The first-order chi connectivity index (χ1) is 11.3. The summed E-state index contributed by atoms with van der Waals surface area (Å²) in [5, 5.41) is 0. The van der Waals surface area contributed by atoms with E-state index >= 15 is 0 Å². The Morgan fingerprint density at radius 1 is 1.08 bits per heavy atom. The van der Waals surface area contributed by atoms with E-state index in [1.54, 1.807) is 12.1 Å². The summed E-state index contributed by atoms with van der Waals surface area (Å²) in [6.45, 7) is 5.89. The lowest BCUT2D eigenvalue weighted by Crippen LogP contribution is -2.24. The number of rotatable bonds is 5. The van der Waals surface area contributed by atoms with Crippen LogP contribution in [0.3, 0.4) is 0 Å². The fraction of sp³-hybridized carbons (Fsp3) is 0.316. The third-order valence-corrected chi connectivity index (χ3v) is 3.77. The van der Waals surface area contributed by atoms with E-state index in [0.29, 0.717) is 28.1 Å². The molecule has 2 aromatic carbocycles. The predicted octanol–water partition coefficient (Wildman–Crippen LogP) is 4.99. The first-order valence-corrected chi connectivity index (χ1v) is 8.37. The van der Waals surface area contributed by atoms with Gasteiger partial charge in [0.15, 0.2) is 11.5 Å². The average molecular weight is 393 g/mol. The smallest absolute Gasteiger partial charge is 0.339 e. The van der Waals surface area contributed by atoms with Crippen LogP contribution >= 0.6 is 15.9 Å². The molecule has 0 aromatic heterocycles. The van der Waals surface area contributed by atoms with E-state index in [2.05, 4.69) is 15.9 Å². The molecule has 0 spiro atoms.